The smallest absolute Gasteiger partial charge is 0.0836 e. The first kappa shape index (κ1) is 13.6. The number of halogens is 1. The SMILES string of the molecule is CS(=O)(=NSc1ccccc1Br)c1ccccc1. The Bertz CT molecular complexity index is 649. The average molecular weight is 342 g/mol. The Balaban J connectivity index is 2.30. The van der Waals surface area contributed by atoms with Crippen LogP contribution in [0.4, 0.5) is 0 Å². The summed E-state index contributed by atoms with van der Waals surface area (Å²) in [5, 5.41) is 0. The maximum atomic E-state index is 12.5. The Morgan fingerprint density at radius 1 is 1.06 bits per heavy atom. The quantitative estimate of drug-likeness (QED) is 0.762. The normalized spacial score (nSPS) is 13.9. The fraction of sp³-hybridized carbons (Fsp3) is 0.0769. The van der Waals surface area contributed by atoms with Gasteiger partial charge in [0.25, 0.3) is 0 Å². The molecule has 0 bridgehead atoms. The molecular weight excluding hydrogens is 330 g/mol. The van der Waals surface area contributed by atoms with Gasteiger partial charge in [0.2, 0.25) is 0 Å². The second-order valence-corrected chi connectivity index (χ2v) is 7.86. The molecule has 2 rings (SSSR count). The van der Waals surface area contributed by atoms with E-state index in [1.807, 2.05) is 54.6 Å². The van der Waals surface area contributed by atoms with Crippen molar-refractivity contribution < 1.29 is 4.21 Å². The molecule has 0 aliphatic carbocycles. The molecule has 0 aliphatic heterocycles. The van der Waals surface area contributed by atoms with E-state index in [4.69, 9.17) is 0 Å². The Morgan fingerprint density at radius 3 is 2.33 bits per heavy atom. The number of benzene rings is 2. The number of rotatable bonds is 3. The molecule has 2 aromatic carbocycles. The summed E-state index contributed by atoms with van der Waals surface area (Å²) < 4.78 is 17.7. The van der Waals surface area contributed by atoms with Crippen LogP contribution in [-0.4, -0.2) is 10.5 Å². The van der Waals surface area contributed by atoms with Gasteiger partial charge in [-0.15, -0.1) is 0 Å². The molecule has 0 radical (unpaired) electrons. The second-order valence-electron chi connectivity index (χ2n) is 3.71. The maximum absolute atomic E-state index is 12.5. The van der Waals surface area contributed by atoms with Crippen LogP contribution >= 0.6 is 27.9 Å². The van der Waals surface area contributed by atoms with Crippen LogP contribution in [0.25, 0.3) is 0 Å². The third kappa shape index (κ3) is 3.37. The molecule has 0 aliphatic rings. The lowest BCUT2D eigenvalue weighted by Crippen LogP contribution is -1.95. The standard InChI is InChI=1S/C13H12BrNOS2/c1-18(16,11-7-3-2-4-8-11)15-17-13-10-6-5-9-12(13)14/h2-10H,1H3. The van der Waals surface area contributed by atoms with Gasteiger partial charge in [-0.2, -0.15) is 3.77 Å². The van der Waals surface area contributed by atoms with E-state index in [1.165, 1.54) is 11.9 Å². The Morgan fingerprint density at radius 2 is 1.67 bits per heavy atom. The highest BCUT2D eigenvalue weighted by Gasteiger charge is 2.06. The first-order valence-electron chi connectivity index (χ1n) is 5.28. The molecule has 94 valence electrons. The molecule has 18 heavy (non-hydrogen) atoms. The number of hydrogen-bond acceptors (Lipinski definition) is 3. The summed E-state index contributed by atoms with van der Waals surface area (Å²) in [6, 6.07) is 17.1. The lowest BCUT2D eigenvalue weighted by Gasteiger charge is -2.04. The molecule has 0 amide bonds. The van der Waals surface area contributed by atoms with Crippen LogP contribution < -0.4 is 0 Å². The van der Waals surface area contributed by atoms with Crippen molar-refractivity contribution in [1.82, 2.24) is 0 Å². The van der Waals surface area contributed by atoms with Gasteiger partial charge in [0.15, 0.2) is 0 Å². The Labute approximate surface area is 120 Å². The highest BCUT2D eigenvalue weighted by molar-refractivity contribution is 9.10. The van der Waals surface area contributed by atoms with Crippen LogP contribution in [0.3, 0.4) is 0 Å². The zero-order valence-electron chi connectivity index (χ0n) is 9.75. The van der Waals surface area contributed by atoms with Gasteiger partial charge < -0.3 is 0 Å². The average Bonchev–Trinajstić information content (AvgIpc) is 2.39. The maximum Gasteiger partial charge on any atom is 0.0836 e. The molecule has 0 heterocycles. The molecule has 0 saturated heterocycles. The van der Waals surface area contributed by atoms with Crippen molar-refractivity contribution in [3.63, 3.8) is 0 Å². The van der Waals surface area contributed by atoms with Gasteiger partial charge in [-0.1, -0.05) is 30.3 Å². The highest BCUT2D eigenvalue weighted by Crippen LogP contribution is 2.29. The molecule has 2 nitrogen and oxygen atoms in total. The molecule has 5 heteroatoms. The van der Waals surface area contributed by atoms with Gasteiger partial charge in [-0.05, 0) is 40.2 Å². The van der Waals surface area contributed by atoms with Crippen LogP contribution in [0, 0.1) is 0 Å². The third-order valence-corrected chi connectivity index (χ3v) is 6.38. The lowest BCUT2D eigenvalue weighted by atomic mass is 10.4. The minimum absolute atomic E-state index is 0.754. The van der Waals surface area contributed by atoms with Gasteiger partial charge in [0.1, 0.15) is 0 Å². The summed E-state index contributed by atoms with van der Waals surface area (Å²) in [7, 11) is -2.36. The molecule has 0 saturated carbocycles. The van der Waals surface area contributed by atoms with E-state index in [9.17, 15) is 4.21 Å². The molecule has 0 spiro atoms. The van der Waals surface area contributed by atoms with E-state index in [-0.39, 0.29) is 0 Å². The monoisotopic (exact) mass is 341 g/mol. The topological polar surface area (TPSA) is 29.4 Å². The molecule has 1 atom stereocenters. The van der Waals surface area contributed by atoms with Crippen molar-refractivity contribution in [3.8, 4) is 0 Å². The van der Waals surface area contributed by atoms with Crippen LogP contribution in [0.15, 0.2) is 72.6 Å². The summed E-state index contributed by atoms with van der Waals surface area (Å²) in [6.45, 7) is 0. The predicted molar refractivity (Wildman–Crippen MR) is 81.2 cm³/mol. The minimum atomic E-state index is -2.36. The van der Waals surface area contributed by atoms with Crippen molar-refractivity contribution in [2.75, 3.05) is 6.26 Å². The minimum Gasteiger partial charge on any atom is -0.244 e. The van der Waals surface area contributed by atoms with Crippen molar-refractivity contribution >= 4 is 37.6 Å². The first-order valence-corrected chi connectivity index (χ1v) is 8.76. The number of nitrogens with zero attached hydrogens (tertiary/aromatic N) is 1. The van der Waals surface area contributed by atoms with E-state index in [0.29, 0.717) is 0 Å². The van der Waals surface area contributed by atoms with Crippen LogP contribution in [-0.2, 0) is 9.73 Å². The Hall–Kier alpha value is -0.780. The zero-order valence-corrected chi connectivity index (χ0v) is 13.0. The Kier molecular flexibility index (Phi) is 4.48. The van der Waals surface area contributed by atoms with Gasteiger partial charge in [-0.3, -0.25) is 0 Å². The molecule has 2 aromatic rings. The summed E-state index contributed by atoms with van der Waals surface area (Å²) >= 11 is 4.70. The predicted octanol–water partition coefficient (Wildman–Crippen LogP) is 4.61. The van der Waals surface area contributed by atoms with E-state index >= 15 is 0 Å². The van der Waals surface area contributed by atoms with E-state index in [2.05, 4.69) is 19.7 Å². The van der Waals surface area contributed by atoms with Gasteiger partial charge in [0.05, 0.1) is 9.73 Å². The van der Waals surface area contributed by atoms with Crippen LogP contribution in [0.5, 0.6) is 0 Å². The lowest BCUT2D eigenvalue weighted by molar-refractivity contribution is 0.681. The van der Waals surface area contributed by atoms with E-state index < -0.39 is 9.73 Å². The fourth-order valence-corrected chi connectivity index (χ4v) is 4.04. The van der Waals surface area contributed by atoms with Crippen LogP contribution in [0.2, 0.25) is 0 Å². The first-order chi connectivity index (χ1) is 8.59. The molecule has 0 fully saturated rings. The molecular formula is C13H12BrNOS2. The molecule has 0 aromatic heterocycles. The van der Waals surface area contributed by atoms with Gasteiger partial charge in [-0.25, -0.2) is 4.21 Å². The highest BCUT2D eigenvalue weighted by atomic mass is 79.9. The van der Waals surface area contributed by atoms with Gasteiger partial charge in [0, 0.05) is 32.5 Å². The summed E-state index contributed by atoms with van der Waals surface area (Å²) in [4.78, 5) is 1.72. The van der Waals surface area contributed by atoms with Crippen LogP contribution in [0.1, 0.15) is 0 Å². The largest absolute Gasteiger partial charge is 0.244 e. The number of hydrogen-bond donors (Lipinski definition) is 0. The zero-order chi connectivity index (χ0) is 13.0. The summed E-state index contributed by atoms with van der Waals surface area (Å²) in [5.41, 5.74) is 0. The molecule has 0 N–H and O–H groups in total. The third-order valence-electron chi connectivity index (χ3n) is 2.30. The van der Waals surface area contributed by atoms with Crippen molar-refractivity contribution in [3.05, 3.63) is 59.1 Å². The second kappa shape index (κ2) is 5.91. The summed E-state index contributed by atoms with van der Waals surface area (Å²) in [5.74, 6) is 0. The summed E-state index contributed by atoms with van der Waals surface area (Å²) in [6.07, 6.45) is 1.66. The van der Waals surface area contributed by atoms with E-state index in [0.717, 1.165) is 14.3 Å². The van der Waals surface area contributed by atoms with Crippen molar-refractivity contribution in [2.24, 2.45) is 3.77 Å². The van der Waals surface area contributed by atoms with Crippen molar-refractivity contribution in [1.29, 1.82) is 0 Å². The molecule has 1 unspecified atom stereocenters. The van der Waals surface area contributed by atoms with E-state index in [1.54, 1.807) is 6.26 Å². The van der Waals surface area contributed by atoms with Crippen molar-refractivity contribution in [2.45, 2.75) is 9.79 Å². The van der Waals surface area contributed by atoms with Gasteiger partial charge >= 0.3 is 0 Å². The fourth-order valence-electron chi connectivity index (χ4n) is 1.35.